The third-order valence-corrected chi connectivity index (χ3v) is 1.76. The van der Waals surface area contributed by atoms with Gasteiger partial charge in [-0.3, -0.25) is 0 Å². The topological polar surface area (TPSA) is 75.4 Å². The number of carboxylic acid groups (broad SMARTS) is 1. The van der Waals surface area contributed by atoms with Crippen molar-refractivity contribution in [1.29, 1.82) is 0 Å². The van der Waals surface area contributed by atoms with E-state index in [0.29, 0.717) is 13.1 Å². The van der Waals surface area contributed by atoms with Crippen LogP contribution in [-0.4, -0.2) is 22.8 Å². The highest BCUT2D eigenvalue weighted by Gasteiger charge is 1.99. The summed E-state index contributed by atoms with van der Waals surface area (Å²) >= 11 is 0. The first-order valence-corrected chi connectivity index (χ1v) is 4.61. The number of aliphatic carboxylic acids is 1. The molecule has 5 nitrogen and oxygen atoms in total. The number of carbonyl (C=O) groups is 1. The Morgan fingerprint density at radius 2 is 2.47 bits per heavy atom. The van der Waals surface area contributed by atoms with Gasteiger partial charge in [-0.1, -0.05) is 10.7 Å². The summed E-state index contributed by atoms with van der Waals surface area (Å²) in [5, 5.41) is 15.3. The number of aryl methyl sites for hydroxylation is 1. The van der Waals surface area contributed by atoms with Crippen LogP contribution in [0.3, 0.4) is 0 Å². The van der Waals surface area contributed by atoms with Crippen LogP contribution in [0.4, 0.5) is 0 Å². The molecule has 0 unspecified atom stereocenters. The first kappa shape index (κ1) is 11.5. The lowest BCUT2D eigenvalue weighted by Gasteiger charge is -2.01. The van der Waals surface area contributed by atoms with Crippen molar-refractivity contribution in [3.8, 4) is 0 Å². The van der Waals surface area contributed by atoms with E-state index in [1.807, 2.05) is 13.0 Å². The molecule has 1 aromatic rings. The number of hydrogen-bond donors (Lipinski definition) is 2. The van der Waals surface area contributed by atoms with Gasteiger partial charge >= 0.3 is 5.97 Å². The first-order chi connectivity index (χ1) is 7.08. The van der Waals surface area contributed by atoms with E-state index in [1.165, 1.54) is 6.08 Å². The Morgan fingerprint density at radius 3 is 3.00 bits per heavy atom. The van der Waals surface area contributed by atoms with E-state index in [2.05, 4.69) is 10.5 Å². The van der Waals surface area contributed by atoms with E-state index in [4.69, 9.17) is 9.63 Å². The fourth-order valence-electron chi connectivity index (χ4n) is 1.15. The van der Waals surface area contributed by atoms with Crippen LogP contribution in [0.2, 0.25) is 0 Å². The highest BCUT2D eigenvalue weighted by atomic mass is 16.5. The molecule has 82 valence electrons. The molecule has 0 aliphatic heterocycles. The number of carboxylic acids is 1. The van der Waals surface area contributed by atoms with Crippen LogP contribution in [0.1, 0.15) is 18.4 Å². The molecule has 0 aromatic carbocycles. The van der Waals surface area contributed by atoms with Crippen LogP contribution < -0.4 is 5.32 Å². The molecule has 0 spiro atoms. The summed E-state index contributed by atoms with van der Waals surface area (Å²) in [7, 11) is 0. The van der Waals surface area contributed by atoms with Crippen molar-refractivity contribution in [3.05, 3.63) is 29.2 Å². The monoisotopic (exact) mass is 210 g/mol. The van der Waals surface area contributed by atoms with Gasteiger partial charge < -0.3 is 14.9 Å². The molecule has 0 fully saturated rings. The molecular weight excluding hydrogens is 196 g/mol. The zero-order valence-corrected chi connectivity index (χ0v) is 8.78. The average Bonchev–Trinajstić information content (AvgIpc) is 2.50. The molecule has 0 saturated carbocycles. The van der Waals surface area contributed by atoms with Gasteiger partial charge in [0.2, 0.25) is 0 Å². The lowest BCUT2D eigenvalue weighted by atomic mass is 10.3. The molecule has 0 amide bonds. The predicted molar refractivity (Wildman–Crippen MR) is 54.3 cm³/mol. The second kappa shape index (κ2) is 5.31. The fraction of sp³-hybridized carbons (Fsp3) is 0.400. The molecule has 5 heteroatoms. The summed E-state index contributed by atoms with van der Waals surface area (Å²) in [6.07, 6.45) is 1.18. The number of aromatic nitrogens is 1. The second-order valence-corrected chi connectivity index (χ2v) is 3.36. The van der Waals surface area contributed by atoms with Crippen LogP contribution in [0.25, 0.3) is 0 Å². The highest BCUT2D eigenvalue weighted by molar-refractivity contribution is 5.80. The van der Waals surface area contributed by atoms with Gasteiger partial charge in [0.25, 0.3) is 0 Å². The molecule has 0 saturated heterocycles. The van der Waals surface area contributed by atoms with Crippen LogP contribution in [0.15, 0.2) is 22.2 Å². The second-order valence-electron chi connectivity index (χ2n) is 3.36. The standard InChI is InChI=1S/C10H14N2O3/c1-7(3-10(13)14)5-11-6-9-4-8(2)15-12-9/h3-4,11H,5-6H2,1-2H3,(H,13,14)/b7-3-. The summed E-state index contributed by atoms with van der Waals surface area (Å²) in [6, 6.07) is 1.84. The highest BCUT2D eigenvalue weighted by Crippen LogP contribution is 2.00. The van der Waals surface area contributed by atoms with E-state index in [-0.39, 0.29) is 0 Å². The normalized spacial score (nSPS) is 11.7. The van der Waals surface area contributed by atoms with E-state index >= 15 is 0 Å². The van der Waals surface area contributed by atoms with Gasteiger partial charge in [0, 0.05) is 25.2 Å². The van der Waals surface area contributed by atoms with Crippen molar-refractivity contribution >= 4 is 5.97 Å². The number of rotatable bonds is 5. The summed E-state index contributed by atoms with van der Waals surface area (Å²) in [6.45, 7) is 4.68. The lowest BCUT2D eigenvalue weighted by Crippen LogP contribution is -2.16. The lowest BCUT2D eigenvalue weighted by molar-refractivity contribution is -0.131. The van der Waals surface area contributed by atoms with Crippen LogP contribution in [0, 0.1) is 6.92 Å². The molecule has 1 aromatic heterocycles. The van der Waals surface area contributed by atoms with Gasteiger partial charge in [0.15, 0.2) is 0 Å². The molecule has 0 aliphatic carbocycles. The van der Waals surface area contributed by atoms with Gasteiger partial charge in [0.1, 0.15) is 5.76 Å². The van der Waals surface area contributed by atoms with Crippen molar-refractivity contribution in [2.24, 2.45) is 0 Å². The van der Waals surface area contributed by atoms with Crippen molar-refractivity contribution in [2.75, 3.05) is 6.54 Å². The molecule has 15 heavy (non-hydrogen) atoms. The first-order valence-electron chi connectivity index (χ1n) is 4.61. The van der Waals surface area contributed by atoms with Gasteiger partial charge in [-0.2, -0.15) is 0 Å². The Bertz CT molecular complexity index is 368. The maximum atomic E-state index is 10.3. The number of hydrogen-bond acceptors (Lipinski definition) is 4. The van der Waals surface area contributed by atoms with Crippen molar-refractivity contribution < 1.29 is 14.4 Å². The van der Waals surface area contributed by atoms with E-state index in [9.17, 15) is 4.79 Å². The molecule has 2 N–H and O–H groups in total. The minimum Gasteiger partial charge on any atom is -0.478 e. The van der Waals surface area contributed by atoms with Gasteiger partial charge in [0.05, 0.1) is 5.69 Å². The molecule has 0 radical (unpaired) electrons. The zero-order valence-electron chi connectivity index (χ0n) is 8.78. The average molecular weight is 210 g/mol. The van der Waals surface area contributed by atoms with Crippen LogP contribution in [-0.2, 0) is 11.3 Å². The summed E-state index contributed by atoms with van der Waals surface area (Å²) in [5.74, 6) is -0.156. The third-order valence-electron chi connectivity index (χ3n) is 1.76. The molecule has 1 rings (SSSR count). The Balaban J connectivity index is 2.30. The van der Waals surface area contributed by atoms with E-state index in [0.717, 1.165) is 17.0 Å². The van der Waals surface area contributed by atoms with Gasteiger partial charge in [-0.25, -0.2) is 4.79 Å². The Labute approximate surface area is 87.8 Å². The Hall–Kier alpha value is -1.62. The van der Waals surface area contributed by atoms with Gasteiger partial charge in [-0.15, -0.1) is 0 Å². The van der Waals surface area contributed by atoms with Gasteiger partial charge in [-0.05, 0) is 13.8 Å². The SMILES string of the molecule is C/C(=C/C(=O)O)CNCc1cc(C)on1. The molecule has 0 bridgehead atoms. The summed E-state index contributed by atoms with van der Waals surface area (Å²) < 4.78 is 4.89. The maximum Gasteiger partial charge on any atom is 0.328 e. The van der Waals surface area contributed by atoms with Crippen molar-refractivity contribution in [3.63, 3.8) is 0 Å². The minimum absolute atomic E-state index is 0.526. The smallest absolute Gasteiger partial charge is 0.328 e. The zero-order chi connectivity index (χ0) is 11.3. The number of nitrogens with one attached hydrogen (secondary N) is 1. The third kappa shape index (κ3) is 4.42. The fourth-order valence-corrected chi connectivity index (χ4v) is 1.15. The van der Waals surface area contributed by atoms with Crippen molar-refractivity contribution in [2.45, 2.75) is 20.4 Å². The molecule has 1 heterocycles. The molecule has 0 atom stereocenters. The predicted octanol–water partition coefficient (Wildman–Crippen LogP) is 1.10. The van der Waals surface area contributed by atoms with Crippen molar-refractivity contribution in [1.82, 2.24) is 10.5 Å². The maximum absolute atomic E-state index is 10.3. The number of nitrogens with zero attached hydrogens (tertiary/aromatic N) is 1. The van der Waals surface area contributed by atoms with E-state index < -0.39 is 5.97 Å². The largest absolute Gasteiger partial charge is 0.478 e. The molecular formula is C10H14N2O3. The van der Waals surface area contributed by atoms with Crippen LogP contribution >= 0.6 is 0 Å². The Kier molecular flexibility index (Phi) is 4.05. The summed E-state index contributed by atoms with van der Waals surface area (Å²) in [4.78, 5) is 10.3. The minimum atomic E-state index is -0.924. The van der Waals surface area contributed by atoms with Crippen LogP contribution in [0.5, 0.6) is 0 Å². The van der Waals surface area contributed by atoms with E-state index in [1.54, 1.807) is 6.92 Å². The quantitative estimate of drug-likeness (QED) is 0.712. The summed E-state index contributed by atoms with van der Waals surface area (Å²) in [5.41, 5.74) is 1.58. The molecule has 0 aliphatic rings. The Morgan fingerprint density at radius 1 is 1.73 bits per heavy atom.